The van der Waals surface area contributed by atoms with Gasteiger partial charge in [-0.3, -0.25) is 4.79 Å². The molecular formula is C20H13Cl2NO3S. The van der Waals surface area contributed by atoms with Crippen LogP contribution in [0.1, 0.15) is 32.5 Å². The number of amides is 1. The molecule has 1 aliphatic heterocycles. The van der Waals surface area contributed by atoms with Gasteiger partial charge in [0.2, 0.25) is 5.91 Å². The number of anilines is 1. The van der Waals surface area contributed by atoms with Crippen molar-refractivity contribution in [1.29, 1.82) is 0 Å². The van der Waals surface area contributed by atoms with Gasteiger partial charge < -0.3 is 10.4 Å². The Balaban J connectivity index is 1.94. The third-order valence-corrected chi connectivity index (χ3v) is 6.54. The van der Waals surface area contributed by atoms with E-state index in [1.165, 1.54) is 11.3 Å². The molecule has 136 valence electrons. The van der Waals surface area contributed by atoms with Gasteiger partial charge in [-0.2, -0.15) is 0 Å². The lowest BCUT2D eigenvalue weighted by molar-refractivity contribution is -0.116. The summed E-state index contributed by atoms with van der Waals surface area (Å²) in [6.07, 6.45) is 0.221. The summed E-state index contributed by atoms with van der Waals surface area (Å²) in [4.78, 5) is 25.3. The molecule has 1 aliphatic rings. The Kier molecular flexibility index (Phi) is 4.68. The normalized spacial score (nSPS) is 15.9. The van der Waals surface area contributed by atoms with Crippen molar-refractivity contribution in [3.05, 3.63) is 73.9 Å². The molecule has 4 rings (SSSR count). The fourth-order valence-corrected chi connectivity index (χ4v) is 4.87. The second-order valence-corrected chi connectivity index (χ2v) is 8.06. The van der Waals surface area contributed by atoms with Crippen molar-refractivity contribution in [3.63, 3.8) is 0 Å². The third kappa shape index (κ3) is 3.23. The van der Waals surface area contributed by atoms with E-state index in [0.29, 0.717) is 21.3 Å². The number of hydrogen-bond acceptors (Lipinski definition) is 3. The van der Waals surface area contributed by atoms with E-state index in [1.54, 1.807) is 12.1 Å². The summed E-state index contributed by atoms with van der Waals surface area (Å²) in [5, 5.41) is 13.5. The van der Waals surface area contributed by atoms with Crippen LogP contribution in [0.4, 0.5) is 5.69 Å². The number of benzene rings is 2. The quantitative estimate of drug-likeness (QED) is 0.557. The molecule has 3 aromatic rings. The summed E-state index contributed by atoms with van der Waals surface area (Å²) in [5.41, 5.74) is 2.69. The predicted octanol–water partition coefficient (Wildman–Crippen LogP) is 5.89. The monoisotopic (exact) mass is 417 g/mol. The van der Waals surface area contributed by atoms with Crippen molar-refractivity contribution in [2.75, 3.05) is 5.32 Å². The zero-order chi connectivity index (χ0) is 19.1. The number of halogens is 2. The lowest BCUT2D eigenvalue weighted by Gasteiger charge is -2.24. The van der Waals surface area contributed by atoms with E-state index in [4.69, 9.17) is 23.2 Å². The molecule has 2 N–H and O–H groups in total. The van der Waals surface area contributed by atoms with Crippen molar-refractivity contribution >= 4 is 52.1 Å². The molecule has 4 nitrogen and oxygen atoms in total. The predicted molar refractivity (Wildman–Crippen MR) is 108 cm³/mol. The van der Waals surface area contributed by atoms with E-state index in [0.717, 1.165) is 16.0 Å². The van der Waals surface area contributed by atoms with Gasteiger partial charge in [0, 0.05) is 22.8 Å². The maximum atomic E-state index is 12.4. The highest BCUT2D eigenvalue weighted by Gasteiger charge is 2.34. The largest absolute Gasteiger partial charge is 0.477 e. The Morgan fingerprint density at radius 2 is 1.85 bits per heavy atom. The molecule has 1 atom stereocenters. The van der Waals surface area contributed by atoms with Crippen LogP contribution in [0, 0.1) is 0 Å². The van der Waals surface area contributed by atoms with Crippen LogP contribution in [0.15, 0.2) is 48.5 Å². The molecule has 0 saturated heterocycles. The molecule has 2 aromatic carbocycles. The Labute approximate surface area is 169 Å². The molecule has 0 spiro atoms. The summed E-state index contributed by atoms with van der Waals surface area (Å²) in [6, 6.07) is 14.5. The Bertz CT molecular complexity index is 1060. The molecule has 7 heteroatoms. The van der Waals surface area contributed by atoms with Crippen molar-refractivity contribution in [2.45, 2.75) is 12.3 Å². The Morgan fingerprint density at radius 3 is 2.52 bits per heavy atom. The first-order valence-electron chi connectivity index (χ1n) is 8.16. The minimum absolute atomic E-state index is 0.162. The third-order valence-electron chi connectivity index (χ3n) is 4.51. The van der Waals surface area contributed by atoms with E-state index in [9.17, 15) is 14.7 Å². The van der Waals surface area contributed by atoms with Crippen molar-refractivity contribution in [3.8, 4) is 11.1 Å². The number of thiophene rings is 1. The van der Waals surface area contributed by atoms with Gasteiger partial charge in [-0.1, -0.05) is 59.6 Å². The van der Waals surface area contributed by atoms with Gasteiger partial charge in [-0.05, 0) is 23.3 Å². The standard InChI is InChI=1S/C20H13Cl2NO3S/c21-13-7-6-11(8-14(13)22)12-9-15(24)23-17-16(10-4-2-1-3-5-10)19(20(25)26)27-18(12)17/h1-8,12H,9H2,(H,23,24)(H,25,26)/t12-/m1/s1. The topological polar surface area (TPSA) is 66.4 Å². The number of carboxylic acid groups (broad SMARTS) is 1. The summed E-state index contributed by atoms with van der Waals surface area (Å²) < 4.78 is 0. The van der Waals surface area contributed by atoms with E-state index in [-0.39, 0.29) is 23.1 Å². The molecule has 27 heavy (non-hydrogen) atoms. The van der Waals surface area contributed by atoms with Crippen molar-refractivity contribution in [1.82, 2.24) is 0 Å². The smallest absolute Gasteiger partial charge is 0.346 e. The van der Waals surface area contributed by atoms with Gasteiger partial charge in [0.05, 0.1) is 15.7 Å². The summed E-state index contributed by atoms with van der Waals surface area (Å²) in [5.74, 6) is -1.45. The number of hydrogen-bond donors (Lipinski definition) is 2. The molecule has 0 radical (unpaired) electrons. The van der Waals surface area contributed by atoms with Crippen LogP contribution in [-0.4, -0.2) is 17.0 Å². The molecule has 0 aliphatic carbocycles. The van der Waals surface area contributed by atoms with Gasteiger partial charge in [-0.15, -0.1) is 11.3 Å². The molecule has 0 unspecified atom stereocenters. The molecular weight excluding hydrogens is 405 g/mol. The average molecular weight is 418 g/mol. The molecule has 1 aromatic heterocycles. The first kappa shape index (κ1) is 18.0. The lowest BCUT2D eigenvalue weighted by Crippen LogP contribution is -2.22. The van der Waals surface area contributed by atoms with E-state index < -0.39 is 5.97 Å². The maximum Gasteiger partial charge on any atom is 0.346 e. The number of carboxylic acids is 1. The Morgan fingerprint density at radius 1 is 1.11 bits per heavy atom. The van der Waals surface area contributed by atoms with Gasteiger partial charge in [0.1, 0.15) is 4.88 Å². The first-order valence-corrected chi connectivity index (χ1v) is 9.73. The molecule has 1 amide bonds. The van der Waals surface area contributed by atoms with Crippen LogP contribution in [0.3, 0.4) is 0 Å². The number of carbonyl (C=O) groups excluding carboxylic acids is 1. The second kappa shape index (κ2) is 7.00. The number of carbonyl (C=O) groups is 2. The van der Waals surface area contributed by atoms with Crippen molar-refractivity contribution < 1.29 is 14.7 Å². The van der Waals surface area contributed by atoms with Gasteiger partial charge in [0.15, 0.2) is 0 Å². The molecule has 2 heterocycles. The van der Waals surface area contributed by atoms with Gasteiger partial charge >= 0.3 is 5.97 Å². The van der Waals surface area contributed by atoms with E-state index in [2.05, 4.69) is 5.32 Å². The fourth-order valence-electron chi connectivity index (χ4n) is 3.32. The molecule has 0 bridgehead atoms. The zero-order valence-electron chi connectivity index (χ0n) is 13.8. The van der Waals surface area contributed by atoms with E-state index in [1.807, 2.05) is 36.4 Å². The highest BCUT2D eigenvalue weighted by atomic mass is 35.5. The zero-order valence-corrected chi connectivity index (χ0v) is 16.2. The van der Waals surface area contributed by atoms with E-state index >= 15 is 0 Å². The second-order valence-electron chi connectivity index (χ2n) is 6.20. The van der Waals surface area contributed by atoms with Gasteiger partial charge in [0.25, 0.3) is 0 Å². The minimum Gasteiger partial charge on any atom is -0.477 e. The first-order chi connectivity index (χ1) is 13.0. The lowest BCUT2D eigenvalue weighted by atomic mass is 9.88. The van der Waals surface area contributed by atoms with Crippen LogP contribution in [0.25, 0.3) is 11.1 Å². The fraction of sp³-hybridized carbons (Fsp3) is 0.100. The van der Waals surface area contributed by atoms with Crippen LogP contribution in [-0.2, 0) is 4.79 Å². The van der Waals surface area contributed by atoms with Crippen molar-refractivity contribution in [2.24, 2.45) is 0 Å². The number of fused-ring (bicyclic) bond motifs is 1. The number of rotatable bonds is 3. The number of nitrogens with one attached hydrogen (secondary N) is 1. The summed E-state index contributed by atoms with van der Waals surface area (Å²) in [6.45, 7) is 0. The van der Waals surface area contributed by atoms with Crippen LogP contribution in [0.5, 0.6) is 0 Å². The summed E-state index contributed by atoms with van der Waals surface area (Å²) in [7, 11) is 0. The highest BCUT2D eigenvalue weighted by molar-refractivity contribution is 7.15. The maximum absolute atomic E-state index is 12.4. The highest BCUT2D eigenvalue weighted by Crippen LogP contribution is 2.49. The van der Waals surface area contributed by atoms with Crippen LogP contribution in [0.2, 0.25) is 10.0 Å². The average Bonchev–Trinajstić information content (AvgIpc) is 3.03. The minimum atomic E-state index is -1.02. The van der Waals surface area contributed by atoms with Crippen LogP contribution < -0.4 is 5.32 Å². The van der Waals surface area contributed by atoms with Crippen LogP contribution >= 0.6 is 34.5 Å². The SMILES string of the molecule is O=C1C[C@H](c2ccc(Cl)c(Cl)c2)c2sc(C(=O)O)c(-c3ccccc3)c2N1. The van der Waals surface area contributed by atoms with Gasteiger partial charge in [-0.25, -0.2) is 4.79 Å². The molecule has 0 fully saturated rings. The summed E-state index contributed by atoms with van der Waals surface area (Å²) >= 11 is 13.4. The number of aromatic carboxylic acids is 1. The Hall–Kier alpha value is -2.34. The molecule has 0 saturated carbocycles.